The van der Waals surface area contributed by atoms with Crippen molar-refractivity contribution >= 4 is 11.7 Å². The van der Waals surface area contributed by atoms with E-state index >= 15 is 0 Å². The second-order valence-corrected chi connectivity index (χ2v) is 4.50. The zero-order chi connectivity index (χ0) is 13.7. The fourth-order valence-corrected chi connectivity index (χ4v) is 2.10. The highest BCUT2D eigenvalue weighted by molar-refractivity contribution is 5.95. The van der Waals surface area contributed by atoms with Crippen molar-refractivity contribution in [2.24, 2.45) is 0 Å². The number of nitrogens with two attached hydrogens (primary N) is 1. The molecule has 19 heavy (non-hydrogen) atoms. The third-order valence-electron chi connectivity index (χ3n) is 3.17. The number of hydrogen-bond donors (Lipinski definition) is 1. The number of rotatable bonds is 5. The molecule has 0 atom stereocenters. The Hall–Kier alpha value is -1.82. The van der Waals surface area contributed by atoms with Crippen molar-refractivity contribution in [3.63, 3.8) is 0 Å². The maximum absolute atomic E-state index is 11.5. The molecular formula is C13H19N3O3. The predicted octanol–water partition coefficient (Wildman–Crippen LogP) is 0.925. The fraction of sp³-hybridized carbons (Fsp3) is 0.538. The molecule has 0 radical (unpaired) electrons. The highest BCUT2D eigenvalue weighted by Gasteiger charge is 2.13. The summed E-state index contributed by atoms with van der Waals surface area (Å²) in [5, 5.41) is 0. The van der Waals surface area contributed by atoms with Crippen LogP contribution in [0.2, 0.25) is 0 Å². The molecule has 0 aliphatic carbocycles. The summed E-state index contributed by atoms with van der Waals surface area (Å²) in [6, 6.07) is 1.52. The highest BCUT2D eigenvalue weighted by atomic mass is 16.5. The molecule has 1 aliphatic heterocycles. The first-order chi connectivity index (χ1) is 9.20. The first kappa shape index (κ1) is 13.6. The van der Waals surface area contributed by atoms with Crippen molar-refractivity contribution in [2.75, 3.05) is 39.1 Å². The minimum atomic E-state index is -0.482. The lowest BCUT2D eigenvalue weighted by molar-refractivity contribution is 0.0601. The van der Waals surface area contributed by atoms with Gasteiger partial charge in [0.2, 0.25) is 5.88 Å². The van der Waals surface area contributed by atoms with Crippen molar-refractivity contribution in [3.8, 4) is 5.88 Å². The molecule has 104 valence electrons. The van der Waals surface area contributed by atoms with Crippen molar-refractivity contribution in [1.82, 2.24) is 9.88 Å². The lowest BCUT2D eigenvalue weighted by atomic mass is 10.2. The third-order valence-corrected chi connectivity index (χ3v) is 3.17. The molecule has 6 heteroatoms. The Bertz CT molecular complexity index is 445. The average Bonchev–Trinajstić information content (AvgIpc) is 2.93. The molecule has 1 aromatic heterocycles. The van der Waals surface area contributed by atoms with Crippen LogP contribution < -0.4 is 10.5 Å². The van der Waals surface area contributed by atoms with Gasteiger partial charge >= 0.3 is 5.97 Å². The van der Waals surface area contributed by atoms with Crippen LogP contribution in [-0.2, 0) is 4.74 Å². The lowest BCUT2D eigenvalue weighted by Crippen LogP contribution is -2.25. The van der Waals surface area contributed by atoms with Gasteiger partial charge in [0.05, 0.1) is 24.6 Å². The molecule has 2 N–H and O–H groups in total. The SMILES string of the molecule is COC(=O)c1cc(OCCN2CCCC2)ncc1N. The number of pyridine rings is 1. The molecule has 1 saturated heterocycles. The molecule has 1 fully saturated rings. The van der Waals surface area contributed by atoms with E-state index in [1.165, 1.54) is 32.2 Å². The van der Waals surface area contributed by atoms with Gasteiger partial charge in [0.25, 0.3) is 0 Å². The second kappa shape index (κ2) is 6.38. The molecule has 0 spiro atoms. The van der Waals surface area contributed by atoms with Gasteiger partial charge in [-0.2, -0.15) is 0 Å². The lowest BCUT2D eigenvalue weighted by Gasteiger charge is -2.14. The predicted molar refractivity (Wildman–Crippen MR) is 71.2 cm³/mol. The Morgan fingerprint density at radius 1 is 1.47 bits per heavy atom. The fourth-order valence-electron chi connectivity index (χ4n) is 2.10. The average molecular weight is 265 g/mol. The van der Waals surface area contributed by atoms with Gasteiger partial charge in [0.1, 0.15) is 6.61 Å². The Balaban J connectivity index is 1.91. The van der Waals surface area contributed by atoms with Crippen LogP contribution in [-0.4, -0.2) is 49.2 Å². The van der Waals surface area contributed by atoms with Crippen molar-refractivity contribution in [3.05, 3.63) is 17.8 Å². The van der Waals surface area contributed by atoms with E-state index in [0.717, 1.165) is 19.6 Å². The summed E-state index contributed by atoms with van der Waals surface area (Å²) >= 11 is 0. The summed E-state index contributed by atoms with van der Waals surface area (Å²) in [6.45, 7) is 3.69. The number of likely N-dealkylation sites (tertiary alicyclic amines) is 1. The van der Waals surface area contributed by atoms with E-state index < -0.39 is 5.97 Å². The van der Waals surface area contributed by atoms with Gasteiger partial charge in [-0.15, -0.1) is 0 Å². The first-order valence-electron chi connectivity index (χ1n) is 6.39. The quantitative estimate of drug-likeness (QED) is 0.798. The molecule has 0 unspecified atom stereocenters. The van der Waals surface area contributed by atoms with Crippen LogP contribution in [0.15, 0.2) is 12.3 Å². The maximum Gasteiger partial charge on any atom is 0.340 e. The molecule has 0 bridgehead atoms. The summed E-state index contributed by atoms with van der Waals surface area (Å²) < 4.78 is 10.2. The first-order valence-corrected chi connectivity index (χ1v) is 6.39. The van der Waals surface area contributed by atoms with Gasteiger partial charge in [0.15, 0.2) is 0 Å². The number of nitrogens with zero attached hydrogens (tertiary/aromatic N) is 2. The van der Waals surface area contributed by atoms with Crippen LogP contribution in [0.4, 0.5) is 5.69 Å². The van der Waals surface area contributed by atoms with Crippen molar-refractivity contribution in [1.29, 1.82) is 0 Å². The van der Waals surface area contributed by atoms with Crippen LogP contribution in [0, 0.1) is 0 Å². The number of methoxy groups -OCH3 is 1. The molecule has 0 amide bonds. The van der Waals surface area contributed by atoms with E-state index in [2.05, 4.69) is 14.6 Å². The summed E-state index contributed by atoms with van der Waals surface area (Å²) in [4.78, 5) is 17.9. The van der Waals surface area contributed by atoms with E-state index in [-0.39, 0.29) is 5.56 Å². The maximum atomic E-state index is 11.5. The number of aromatic nitrogens is 1. The molecule has 6 nitrogen and oxygen atoms in total. The summed E-state index contributed by atoms with van der Waals surface area (Å²) in [5.41, 5.74) is 6.24. The normalized spacial score (nSPS) is 15.4. The Morgan fingerprint density at radius 2 is 2.21 bits per heavy atom. The Kier molecular flexibility index (Phi) is 4.57. The second-order valence-electron chi connectivity index (χ2n) is 4.50. The van der Waals surface area contributed by atoms with Gasteiger partial charge in [-0.3, -0.25) is 4.90 Å². The largest absolute Gasteiger partial charge is 0.476 e. The van der Waals surface area contributed by atoms with Crippen LogP contribution in [0.5, 0.6) is 5.88 Å². The van der Waals surface area contributed by atoms with Crippen LogP contribution >= 0.6 is 0 Å². The Labute approximate surface area is 112 Å². The van der Waals surface area contributed by atoms with Crippen LogP contribution in [0.1, 0.15) is 23.2 Å². The molecule has 0 saturated carbocycles. The smallest absolute Gasteiger partial charge is 0.340 e. The van der Waals surface area contributed by atoms with Gasteiger partial charge < -0.3 is 15.2 Å². The monoisotopic (exact) mass is 265 g/mol. The highest BCUT2D eigenvalue weighted by Crippen LogP contribution is 2.17. The minimum Gasteiger partial charge on any atom is -0.476 e. The molecular weight excluding hydrogens is 246 g/mol. The topological polar surface area (TPSA) is 77.7 Å². The third kappa shape index (κ3) is 3.57. The molecule has 0 aromatic carbocycles. The van der Waals surface area contributed by atoms with E-state index in [1.807, 2.05) is 0 Å². The number of anilines is 1. The van der Waals surface area contributed by atoms with E-state index in [0.29, 0.717) is 18.2 Å². The number of esters is 1. The van der Waals surface area contributed by atoms with Gasteiger partial charge in [-0.05, 0) is 25.9 Å². The van der Waals surface area contributed by atoms with Gasteiger partial charge in [-0.25, -0.2) is 9.78 Å². The van der Waals surface area contributed by atoms with Crippen LogP contribution in [0.25, 0.3) is 0 Å². The van der Waals surface area contributed by atoms with E-state index in [4.69, 9.17) is 10.5 Å². The van der Waals surface area contributed by atoms with Gasteiger partial charge in [-0.1, -0.05) is 0 Å². The molecule has 1 aromatic rings. The Morgan fingerprint density at radius 3 is 2.89 bits per heavy atom. The van der Waals surface area contributed by atoms with Crippen LogP contribution in [0.3, 0.4) is 0 Å². The zero-order valence-electron chi connectivity index (χ0n) is 11.1. The minimum absolute atomic E-state index is 0.286. The number of carbonyl (C=O) groups excluding carboxylic acids is 1. The van der Waals surface area contributed by atoms with Crippen molar-refractivity contribution in [2.45, 2.75) is 12.8 Å². The summed E-state index contributed by atoms with van der Waals surface area (Å²) in [7, 11) is 1.32. The molecule has 2 heterocycles. The van der Waals surface area contributed by atoms with Gasteiger partial charge in [0, 0.05) is 12.6 Å². The van der Waals surface area contributed by atoms with E-state index in [1.54, 1.807) is 0 Å². The number of nitrogen functional groups attached to an aromatic ring is 1. The summed E-state index contributed by atoms with van der Waals surface area (Å²) in [5.74, 6) is -0.0851. The number of hydrogen-bond acceptors (Lipinski definition) is 6. The van der Waals surface area contributed by atoms with E-state index in [9.17, 15) is 4.79 Å². The summed E-state index contributed by atoms with van der Waals surface area (Å²) in [6.07, 6.45) is 3.93. The standard InChI is InChI=1S/C13H19N3O3/c1-18-13(17)10-8-12(15-9-11(10)14)19-7-6-16-4-2-3-5-16/h8-9H,2-7,14H2,1H3. The number of carbonyl (C=O) groups is 1. The zero-order valence-corrected chi connectivity index (χ0v) is 11.1. The molecule has 1 aliphatic rings. The molecule has 2 rings (SSSR count). The van der Waals surface area contributed by atoms with Crippen molar-refractivity contribution < 1.29 is 14.3 Å². The number of ether oxygens (including phenoxy) is 2.